The minimum Gasteiger partial charge on any atom is -0.251 e. The van der Waals surface area contributed by atoms with Crippen LogP contribution < -0.4 is 0 Å². The number of fused-ring (bicyclic) bond motifs is 6. The summed E-state index contributed by atoms with van der Waals surface area (Å²) in [6.07, 6.45) is 7.32. The zero-order valence-corrected chi connectivity index (χ0v) is 18.9. The van der Waals surface area contributed by atoms with Gasteiger partial charge in [-0.3, -0.25) is 5.10 Å². The first-order chi connectivity index (χ1) is 15.3. The normalized spacial score (nSPS) is 16.9. The van der Waals surface area contributed by atoms with E-state index in [2.05, 4.69) is 64.1 Å². The third-order valence-electron chi connectivity index (χ3n) is 6.88. The summed E-state index contributed by atoms with van der Waals surface area (Å²) in [7, 11) is 0. The fraction of sp³-hybridized carbons (Fsp3) is 0.320. The van der Waals surface area contributed by atoms with Gasteiger partial charge >= 0.3 is 0 Å². The molecule has 4 nitrogen and oxygen atoms in total. The molecule has 1 fully saturated rings. The van der Waals surface area contributed by atoms with Gasteiger partial charge in [0.1, 0.15) is 0 Å². The lowest BCUT2D eigenvalue weighted by Crippen LogP contribution is -2.36. The van der Waals surface area contributed by atoms with Gasteiger partial charge in [0.2, 0.25) is 4.77 Å². The standard InChI is InChI=1S/C25H24N4S2/c30-23-28-27-22-20-21(26-24(29(22)23)31-16-17-9-3-1-4-10-17)19-12-6-5-11-18(19)15-25(20)13-7-2-8-14-25/h1,3-6,9-12H,2,7-8,13-16H2,(H,28,30). The summed E-state index contributed by atoms with van der Waals surface area (Å²) >= 11 is 7.40. The SMILES string of the molecule is S=c1[nH]nc2c3c(nc(SCc4ccccc4)n12)-c1ccccc1CC31CCCCC1. The molecule has 0 atom stereocenters. The van der Waals surface area contributed by atoms with Crippen molar-refractivity contribution in [3.05, 3.63) is 76.1 Å². The predicted molar refractivity (Wildman–Crippen MR) is 128 cm³/mol. The Morgan fingerprint density at radius 3 is 2.61 bits per heavy atom. The lowest BCUT2D eigenvalue weighted by molar-refractivity contribution is 0.288. The molecule has 0 unspecified atom stereocenters. The highest BCUT2D eigenvalue weighted by Gasteiger charge is 2.43. The zero-order chi connectivity index (χ0) is 20.8. The van der Waals surface area contributed by atoms with Gasteiger partial charge in [-0.25, -0.2) is 9.38 Å². The van der Waals surface area contributed by atoms with Crippen molar-refractivity contribution in [1.29, 1.82) is 0 Å². The van der Waals surface area contributed by atoms with E-state index in [0.717, 1.165) is 28.7 Å². The number of nitrogens with one attached hydrogen (secondary N) is 1. The molecule has 6 heteroatoms. The van der Waals surface area contributed by atoms with E-state index in [1.807, 2.05) is 0 Å². The topological polar surface area (TPSA) is 46.0 Å². The molecule has 1 spiro atoms. The number of aromatic nitrogens is 4. The summed E-state index contributed by atoms with van der Waals surface area (Å²) in [4.78, 5) is 5.28. The highest BCUT2D eigenvalue weighted by molar-refractivity contribution is 7.98. The molecular weight excluding hydrogens is 420 g/mol. The van der Waals surface area contributed by atoms with Crippen LogP contribution in [0.3, 0.4) is 0 Å². The number of hydrogen-bond acceptors (Lipinski definition) is 4. The van der Waals surface area contributed by atoms with Crippen LogP contribution in [0, 0.1) is 4.77 Å². The molecule has 31 heavy (non-hydrogen) atoms. The molecule has 0 radical (unpaired) electrons. The number of hydrogen-bond donors (Lipinski definition) is 1. The van der Waals surface area contributed by atoms with Gasteiger partial charge in [-0.2, -0.15) is 5.10 Å². The van der Waals surface area contributed by atoms with E-state index < -0.39 is 0 Å². The molecule has 0 bridgehead atoms. The van der Waals surface area contributed by atoms with Crippen molar-refractivity contribution in [3.8, 4) is 11.3 Å². The molecule has 2 aliphatic rings. The summed E-state index contributed by atoms with van der Waals surface area (Å²) in [5, 5.41) is 8.75. The van der Waals surface area contributed by atoms with Gasteiger partial charge in [-0.1, -0.05) is 85.6 Å². The molecule has 1 saturated carbocycles. The minimum absolute atomic E-state index is 0.111. The van der Waals surface area contributed by atoms with Gasteiger partial charge < -0.3 is 0 Å². The number of aromatic amines is 1. The Morgan fingerprint density at radius 2 is 1.77 bits per heavy atom. The summed E-state index contributed by atoms with van der Waals surface area (Å²) in [6, 6.07) is 19.3. The first-order valence-electron chi connectivity index (χ1n) is 11.0. The molecule has 0 saturated heterocycles. The van der Waals surface area contributed by atoms with Gasteiger partial charge in [0.15, 0.2) is 10.8 Å². The quantitative estimate of drug-likeness (QED) is 0.222. The molecule has 6 rings (SSSR count). The maximum Gasteiger partial charge on any atom is 0.201 e. The summed E-state index contributed by atoms with van der Waals surface area (Å²) < 4.78 is 2.71. The fourth-order valence-corrected chi connectivity index (χ4v) is 6.69. The fourth-order valence-electron chi connectivity index (χ4n) is 5.47. The van der Waals surface area contributed by atoms with E-state index in [4.69, 9.17) is 22.3 Å². The van der Waals surface area contributed by atoms with Crippen molar-refractivity contribution in [2.45, 2.75) is 54.8 Å². The Labute approximate surface area is 191 Å². The first kappa shape index (κ1) is 19.3. The number of H-pyrrole nitrogens is 1. The Hall–Kier alpha value is -2.44. The van der Waals surface area contributed by atoms with Crippen molar-refractivity contribution in [3.63, 3.8) is 0 Å². The largest absolute Gasteiger partial charge is 0.251 e. The third kappa shape index (κ3) is 3.15. The maximum atomic E-state index is 5.67. The molecule has 1 N–H and O–H groups in total. The number of nitrogens with zero attached hydrogens (tertiary/aromatic N) is 3. The smallest absolute Gasteiger partial charge is 0.201 e. The van der Waals surface area contributed by atoms with Crippen LogP contribution >= 0.6 is 24.0 Å². The Bertz CT molecular complexity index is 1320. The van der Waals surface area contributed by atoms with Crippen LogP contribution in [0.4, 0.5) is 0 Å². The highest BCUT2D eigenvalue weighted by atomic mass is 32.2. The average Bonchev–Trinajstić information content (AvgIpc) is 3.20. The molecule has 0 amide bonds. The second-order valence-corrected chi connectivity index (χ2v) is 10.1. The van der Waals surface area contributed by atoms with Crippen LogP contribution in [0.2, 0.25) is 0 Å². The molecular formula is C25H24N4S2. The summed E-state index contributed by atoms with van der Waals surface area (Å²) in [5.41, 5.74) is 7.46. The van der Waals surface area contributed by atoms with E-state index in [1.165, 1.54) is 54.4 Å². The monoisotopic (exact) mass is 444 g/mol. The van der Waals surface area contributed by atoms with Gasteiger partial charge in [0.05, 0.1) is 5.69 Å². The van der Waals surface area contributed by atoms with Crippen LogP contribution in [0.15, 0.2) is 59.8 Å². The van der Waals surface area contributed by atoms with Crippen LogP contribution in [-0.4, -0.2) is 19.6 Å². The Kier molecular flexibility index (Phi) is 4.73. The molecule has 2 heterocycles. The lowest BCUT2D eigenvalue weighted by Gasteiger charge is -2.42. The molecule has 0 aliphatic heterocycles. The summed E-state index contributed by atoms with van der Waals surface area (Å²) in [6.45, 7) is 0. The van der Waals surface area contributed by atoms with Crippen LogP contribution in [0.1, 0.15) is 48.8 Å². The maximum absolute atomic E-state index is 5.67. The van der Waals surface area contributed by atoms with Crippen molar-refractivity contribution in [2.24, 2.45) is 0 Å². The first-order valence-corrected chi connectivity index (χ1v) is 12.4. The number of benzene rings is 2. The lowest BCUT2D eigenvalue weighted by atomic mass is 9.62. The van der Waals surface area contributed by atoms with Crippen molar-refractivity contribution < 1.29 is 0 Å². The van der Waals surface area contributed by atoms with Gasteiger partial charge in [-0.15, -0.1) is 0 Å². The average molecular weight is 445 g/mol. The third-order valence-corrected chi connectivity index (χ3v) is 8.17. The summed E-state index contributed by atoms with van der Waals surface area (Å²) in [5.74, 6) is 0.849. The van der Waals surface area contributed by atoms with Crippen molar-refractivity contribution in [2.75, 3.05) is 0 Å². The van der Waals surface area contributed by atoms with E-state index in [1.54, 1.807) is 11.8 Å². The van der Waals surface area contributed by atoms with Crippen LogP contribution in [0.5, 0.6) is 0 Å². The second-order valence-electron chi connectivity index (χ2n) is 8.75. The van der Waals surface area contributed by atoms with Crippen LogP contribution in [0.25, 0.3) is 16.9 Å². The Balaban J connectivity index is 1.58. The van der Waals surface area contributed by atoms with E-state index >= 15 is 0 Å². The Morgan fingerprint density at radius 1 is 1.00 bits per heavy atom. The van der Waals surface area contributed by atoms with Gasteiger partial charge in [0.25, 0.3) is 0 Å². The van der Waals surface area contributed by atoms with Crippen molar-refractivity contribution in [1.82, 2.24) is 19.6 Å². The van der Waals surface area contributed by atoms with Gasteiger partial charge in [0, 0.05) is 22.3 Å². The number of thioether (sulfide) groups is 1. The van der Waals surface area contributed by atoms with Gasteiger partial charge in [-0.05, 0) is 42.6 Å². The van der Waals surface area contributed by atoms with E-state index in [-0.39, 0.29) is 5.41 Å². The highest BCUT2D eigenvalue weighted by Crippen LogP contribution is 2.51. The molecule has 2 aromatic heterocycles. The predicted octanol–water partition coefficient (Wildman–Crippen LogP) is 6.50. The zero-order valence-electron chi connectivity index (χ0n) is 17.3. The van der Waals surface area contributed by atoms with E-state index in [9.17, 15) is 0 Å². The van der Waals surface area contributed by atoms with E-state index in [0.29, 0.717) is 4.77 Å². The molecule has 2 aromatic carbocycles. The molecule has 2 aliphatic carbocycles. The van der Waals surface area contributed by atoms with Crippen molar-refractivity contribution >= 4 is 29.6 Å². The molecule has 4 aromatic rings. The van der Waals surface area contributed by atoms with Crippen LogP contribution in [-0.2, 0) is 17.6 Å². The number of rotatable bonds is 3. The second kappa shape index (κ2) is 7.61. The molecule has 156 valence electrons. The minimum atomic E-state index is 0.111.